The summed E-state index contributed by atoms with van der Waals surface area (Å²) in [6, 6.07) is 15.1. The van der Waals surface area contributed by atoms with Gasteiger partial charge in [-0.25, -0.2) is 9.59 Å². The molecule has 0 N–H and O–H groups in total. The Morgan fingerprint density at radius 3 is 2.62 bits per heavy atom. The molecule has 4 nitrogen and oxygen atoms in total. The van der Waals surface area contributed by atoms with Crippen molar-refractivity contribution in [1.82, 2.24) is 0 Å². The summed E-state index contributed by atoms with van der Waals surface area (Å²) in [4.78, 5) is 23.3. The highest BCUT2D eigenvalue weighted by Crippen LogP contribution is 2.21. The average Bonchev–Trinajstić information content (AvgIpc) is 2.47. The van der Waals surface area contributed by atoms with Crippen molar-refractivity contribution in [3.05, 3.63) is 74.2 Å². The van der Waals surface area contributed by atoms with Crippen molar-refractivity contribution in [3.63, 3.8) is 0 Å². The van der Waals surface area contributed by atoms with E-state index < -0.39 is 11.6 Å². The topological polar surface area (TPSA) is 56.5 Å². The molecule has 0 saturated heterocycles. The molecule has 0 bridgehead atoms. The van der Waals surface area contributed by atoms with Crippen LogP contribution >= 0.6 is 22.6 Å². The fourth-order valence-corrected chi connectivity index (χ4v) is 2.50. The first-order valence-electron chi connectivity index (χ1n) is 6.14. The summed E-state index contributed by atoms with van der Waals surface area (Å²) in [6.45, 7) is 0. The second-order valence-electron chi connectivity index (χ2n) is 4.32. The molecule has 0 aliphatic heterocycles. The van der Waals surface area contributed by atoms with E-state index in [1.807, 2.05) is 12.1 Å². The van der Waals surface area contributed by atoms with Crippen LogP contribution in [-0.2, 0) is 0 Å². The quantitative estimate of drug-likeness (QED) is 0.289. The van der Waals surface area contributed by atoms with Gasteiger partial charge in [0.25, 0.3) is 0 Å². The molecule has 0 unspecified atom stereocenters. The van der Waals surface area contributed by atoms with E-state index in [9.17, 15) is 9.59 Å². The van der Waals surface area contributed by atoms with Gasteiger partial charge in [-0.1, -0.05) is 12.1 Å². The third kappa shape index (κ3) is 2.97. The monoisotopic (exact) mass is 392 g/mol. The maximum Gasteiger partial charge on any atom is 0.344 e. The lowest BCUT2D eigenvalue weighted by molar-refractivity contribution is 0.0734. The number of fused-ring (bicyclic) bond motifs is 1. The van der Waals surface area contributed by atoms with E-state index in [1.165, 1.54) is 12.1 Å². The standard InChI is InChI=1S/C16H9IO4/c17-13-4-2-1-3-12(13)16(19)20-11-7-5-10-6-8-15(18)21-14(10)9-11/h1-9H. The minimum Gasteiger partial charge on any atom is -0.423 e. The number of benzene rings is 2. The number of ether oxygens (including phenoxy) is 1. The molecule has 0 amide bonds. The van der Waals surface area contributed by atoms with Crippen LogP contribution in [0.15, 0.2) is 63.8 Å². The van der Waals surface area contributed by atoms with Crippen LogP contribution in [0.4, 0.5) is 0 Å². The van der Waals surface area contributed by atoms with Gasteiger partial charge in [0.1, 0.15) is 11.3 Å². The van der Waals surface area contributed by atoms with Crippen LogP contribution < -0.4 is 10.4 Å². The van der Waals surface area contributed by atoms with Crippen LogP contribution in [-0.4, -0.2) is 5.97 Å². The molecule has 3 aromatic rings. The number of hydrogen-bond acceptors (Lipinski definition) is 4. The molecule has 3 rings (SSSR count). The SMILES string of the molecule is O=C(Oc1ccc2ccc(=O)oc2c1)c1ccccc1I. The van der Waals surface area contributed by atoms with Crippen LogP contribution in [0.25, 0.3) is 11.0 Å². The average molecular weight is 392 g/mol. The smallest absolute Gasteiger partial charge is 0.344 e. The van der Waals surface area contributed by atoms with Crippen LogP contribution in [0.3, 0.4) is 0 Å². The lowest BCUT2D eigenvalue weighted by Gasteiger charge is -2.06. The first-order valence-corrected chi connectivity index (χ1v) is 7.22. The van der Waals surface area contributed by atoms with Crippen LogP contribution in [0, 0.1) is 3.57 Å². The lowest BCUT2D eigenvalue weighted by atomic mass is 10.2. The zero-order chi connectivity index (χ0) is 14.8. The molecule has 0 aliphatic carbocycles. The molecule has 2 aromatic carbocycles. The normalized spacial score (nSPS) is 10.5. The largest absolute Gasteiger partial charge is 0.423 e. The van der Waals surface area contributed by atoms with Gasteiger partial charge in [0.2, 0.25) is 0 Å². The van der Waals surface area contributed by atoms with E-state index >= 15 is 0 Å². The summed E-state index contributed by atoms with van der Waals surface area (Å²) < 4.78 is 11.2. The molecule has 0 radical (unpaired) electrons. The maximum absolute atomic E-state index is 12.1. The van der Waals surface area contributed by atoms with Crippen LogP contribution in [0.1, 0.15) is 10.4 Å². The molecular weight excluding hydrogens is 383 g/mol. The highest BCUT2D eigenvalue weighted by Gasteiger charge is 2.12. The fourth-order valence-electron chi connectivity index (χ4n) is 1.89. The van der Waals surface area contributed by atoms with Crippen molar-refractivity contribution in [1.29, 1.82) is 0 Å². The summed E-state index contributed by atoms with van der Waals surface area (Å²) in [7, 11) is 0. The molecule has 5 heteroatoms. The minimum atomic E-state index is -0.447. The van der Waals surface area contributed by atoms with E-state index in [0.717, 1.165) is 8.96 Å². The molecule has 1 aromatic heterocycles. The molecule has 0 spiro atoms. The number of rotatable bonds is 2. The Hall–Kier alpha value is -2.15. The Labute approximate surface area is 133 Å². The van der Waals surface area contributed by atoms with Gasteiger partial charge >= 0.3 is 11.6 Å². The molecule has 0 atom stereocenters. The van der Waals surface area contributed by atoms with Crippen LogP contribution in [0.5, 0.6) is 5.75 Å². The van der Waals surface area contributed by atoms with Gasteiger partial charge in [0, 0.05) is 21.1 Å². The molecule has 1 heterocycles. The summed E-state index contributed by atoms with van der Waals surface area (Å²) >= 11 is 2.08. The van der Waals surface area contributed by atoms with Gasteiger partial charge in [-0.15, -0.1) is 0 Å². The van der Waals surface area contributed by atoms with E-state index in [1.54, 1.807) is 30.3 Å². The zero-order valence-corrected chi connectivity index (χ0v) is 12.9. The lowest BCUT2D eigenvalue weighted by Crippen LogP contribution is -2.10. The maximum atomic E-state index is 12.1. The molecule has 21 heavy (non-hydrogen) atoms. The summed E-state index contributed by atoms with van der Waals surface area (Å²) in [5, 5.41) is 0.767. The predicted octanol–water partition coefficient (Wildman–Crippen LogP) is 3.62. The first-order chi connectivity index (χ1) is 10.1. The third-order valence-corrected chi connectivity index (χ3v) is 3.84. The van der Waals surface area contributed by atoms with E-state index in [2.05, 4.69) is 22.6 Å². The number of halogens is 1. The van der Waals surface area contributed by atoms with Crippen molar-refractivity contribution in [2.45, 2.75) is 0 Å². The summed E-state index contributed by atoms with van der Waals surface area (Å²) in [5.74, 6) is -0.112. The second kappa shape index (κ2) is 5.69. The number of hydrogen-bond donors (Lipinski definition) is 0. The number of carbonyl (C=O) groups is 1. The number of esters is 1. The number of carbonyl (C=O) groups excluding carboxylic acids is 1. The van der Waals surface area contributed by atoms with E-state index in [-0.39, 0.29) is 0 Å². The Kier molecular flexibility index (Phi) is 3.74. The molecule has 0 fully saturated rings. The van der Waals surface area contributed by atoms with Crippen molar-refractivity contribution >= 4 is 39.5 Å². The summed E-state index contributed by atoms with van der Waals surface area (Å²) in [5.41, 5.74) is 0.437. The van der Waals surface area contributed by atoms with Crippen molar-refractivity contribution < 1.29 is 13.9 Å². The van der Waals surface area contributed by atoms with Gasteiger partial charge in [-0.2, -0.15) is 0 Å². The molecule has 104 valence electrons. The molecule has 0 aliphatic rings. The predicted molar refractivity (Wildman–Crippen MR) is 86.6 cm³/mol. The van der Waals surface area contributed by atoms with E-state index in [0.29, 0.717) is 16.9 Å². The van der Waals surface area contributed by atoms with Crippen molar-refractivity contribution in [2.24, 2.45) is 0 Å². The fraction of sp³-hybridized carbons (Fsp3) is 0. The third-order valence-electron chi connectivity index (χ3n) is 2.90. The van der Waals surface area contributed by atoms with E-state index in [4.69, 9.17) is 9.15 Å². The molecule has 0 saturated carbocycles. The highest BCUT2D eigenvalue weighted by atomic mass is 127. The van der Waals surface area contributed by atoms with Gasteiger partial charge in [0.15, 0.2) is 0 Å². The Morgan fingerprint density at radius 2 is 1.81 bits per heavy atom. The van der Waals surface area contributed by atoms with Gasteiger partial charge < -0.3 is 9.15 Å². The zero-order valence-electron chi connectivity index (χ0n) is 10.7. The summed E-state index contributed by atoms with van der Waals surface area (Å²) in [6.07, 6.45) is 0. The first kappa shape index (κ1) is 13.8. The Balaban J connectivity index is 1.93. The van der Waals surface area contributed by atoms with Gasteiger partial charge in [0.05, 0.1) is 5.56 Å². The van der Waals surface area contributed by atoms with Crippen molar-refractivity contribution in [2.75, 3.05) is 0 Å². The highest BCUT2D eigenvalue weighted by molar-refractivity contribution is 14.1. The van der Waals surface area contributed by atoms with Gasteiger partial charge in [-0.05, 0) is 52.9 Å². The van der Waals surface area contributed by atoms with Crippen molar-refractivity contribution in [3.8, 4) is 5.75 Å². The Morgan fingerprint density at radius 1 is 1.05 bits per heavy atom. The van der Waals surface area contributed by atoms with Crippen LogP contribution in [0.2, 0.25) is 0 Å². The second-order valence-corrected chi connectivity index (χ2v) is 5.49. The van der Waals surface area contributed by atoms with Gasteiger partial charge in [-0.3, -0.25) is 0 Å². The molecular formula is C16H9IO4. The minimum absolute atomic E-state index is 0.335. The Bertz CT molecular complexity index is 883.